The summed E-state index contributed by atoms with van der Waals surface area (Å²) >= 11 is 0. The molecule has 116 valence electrons. The van der Waals surface area contributed by atoms with Gasteiger partial charge in [-0.05, 0) is 54.7 Å². The van der Waals surface area contributed by atoms with Crippen LogP contribution in [0.15, 0.2) is 40.3 Å². The number of rotatable bonds is 5. The fourth-order valence-corrected chi connectivity index (χ4v) is 2.64. The van der Waals surface area contributed by atoms with Crippen molar-refractivity contribution in [3.8, 4) is 11.8 Å². The van der Waals surface area contributed by atoms with E-state index in [-0.39, 0.29) is 12.2 Å². The Morgan fingerprint density at radius 2 is 2.13 bits per heavy atom. The van der Waals surface area contributed by atoms with Gasteiger partial charge in [-0.2, -0.15) is 5.26 Å². The number of nitriles is 1. The lowest BCUT2D eigenvalue weighted by Gasteiger charge is -2.06. The van der Waals surface area contributed by atoms with Crippen LogP contribution in [0, 0.1) is 11.3 Å². The van der Waals surface area contributed by atoms with Crippen molar-refractivity contribution in [2.75, 3.05) is 0 Å². The third-order valence-corrected chi connectivity index (χ3v) is 3.81. The largest absolute Gasteiger partial charge is 0.486 e. The molecule has 2 aromatic rings. The molecule has 0 saturated carbocycles. The summed E-state index contributed by atoms with van der Waals surface area (Å²) in [4.78, 5) is 11.0. The van der Waals surface area contributed by atoms with Gasteiger partial charge in [-0.3, -0.25) is 4.79 Å². The summed E-state index contributed by atoms with van der Waals surface area (Å²) in [5, 5.41) is 8.81. The number of hydrogen-bond acceptors (Lipinski definition) is 4. The van der Waals surface area contributed by atoms with Crippen molar-refractivity contribution in [2.45, 2.75) is 25.9 Å². The lowest BCUT2D eigenvalue weighted by molar-refractivity contribution is -0.114. The molecule has 1 aliphatic rings. The van der Waals surface area contributed by atoms with Crippen LogP contribution in [0.2, 0.25) is 0 Å². The molecule has 0 radical (unpaired) electrons. The van der Waals surface area contributed by atoms with Gasteiger partial charge in [0, 0.05) is 6.08 Å². The standard InChI is InChI=1S/C18H16N2O3/c19-10-14(18(20)21)9-16-6-7-17(23-16)11-22-15-5-4-12-2-1-3-13(12)8-15/h4-9H,1-3,11H2,(H2,20,21). The Hall–Kier alpha value is -3.00. The molecule has 0 fully saturated rings. The van der Waals surface area contributed by atoms with Gasteiger partial charge in [0.25, 0.3) is 5.91 Å². The molecule has 1 amide bonds. The van der Waals surface area contributed by atoms with E-state index in [9.17, 15) is 4.79 Å². The number of nitrogens with two attached hydrogens (primary N) is 1. The van der Waals surface area contributed by atoms with Gasteiger partial charge >= 0.3 is 0 Å². The lowest BCUT2D eigenvalue weighted by atomic mass is 10.1. The first-order valence-corrected chi connectivity index (χ1v) is 7.40. The van der Waals surface area contributed by atoms with Gasteiger partial charge in [-0.15, -0.1) is 0 Å². The smallest absolute Gasteiger partial charge is 0.259 e. The van der Waals surface area contributed by atoms with Gasteiger partial charge in [0.1, 0.15) is 35.5 Å². The highest BCUT2D eigenvalue weighted by molar-refractivity contribution is 6.00. The number of primary amides is 1. The molecule has 0 bridgehead atoms. The van der Waals surface area contributed by atoms with Crippen molar-refractivity contribution in [3.05, 3.63) is 58.6 Å². The number of carbonyl (C=O) groups is 1. The molecular formula is C18H16N2O3. The Morgan fingerprint density at radius 3 is 2.91 bits per heavy atom. The summed E-state index contributed by atoms with van der Waals surface area (Å²) in [5.74, 6) is 1.04. The average Bonchev–Trinajstić information content (AvgIpc) is 3.18. The van der Waals surface area contributed by atoms with Crippen molar-refractivity contribution in [2.24, 2.45) is 5.73 Å². The van der Waals surface area contributed by atoms with E-state index < -0.39 is 5.91 Å². The summed E-state index contributed by atoms with van der Waals surface area (Å²) in [6.45, 7) is 0.283. The number of fused-ring (bicyclic) bond motifs is 1. The fraction of sp³-hybridized carbons (Fsp3) is 0.222. The van der Waals surface area contributed by atoms with Crippen LogP contribution in [-0.2, 0) is 24.2 Å². The van der Waals surface area contributed by atoms with Crippen LogP contribution in [0.5, 0.6) is 5.75 Å². The van der Waals surface area contributed by atoms with Crippen molar-refractivity contribution in [1.82, 2.24) is 0 Å². The summed E-state index contributed by atoms with van der Waals surface area (Å²) in [6, 6.07) is 11.3. The Bertz CT molecular complexity index is 812. The van der Waals surface area contributed by atoms with E-state index in [2.05, 4.69) is 12.1 Å². The summed E-state index contributed by atoms with van der Waals surface area (Å²) < 4.78 is 11.3. The number of carbonyl (C=O) groups excluding carboxylic acids is 1. The van der Waals surface area contributed by atoms with Crippen molar-refractivity contribution < 1.29 is 13.9 Å². The second-order valence-electron chi connectivity index (χ2n) is 5.41. The number of hydrogen-bond donors (Lipinski definition) is 1. The average molecular weight is 308 g/mol. The molecule has 5 heteroatoms. The molecular weight excluding hydrogens is 292 g/mol. The molecule has 23 heavy (non-hydrogen) atoms. The fourth-order valence-electron chi connectivity index (χ4n) is 2.64. The van der Waals surface area contributed by atoms with E-state index in [0.29, 0.717) is 11.5 Å². The minimum Gasteiger partial charge on any atom is -0.486 e. The van der Waals surface area contributed by atoms with Gasteiger partial charge in [0.2, 0.25) is 0 Å². The highest BCUT2D eigenvalue weighted by Gasteiger charge is 2.12. The van der Waals surface area contributed by atoms with E-state index in [1.54, 1.807) is 18.2 Å². The van der Waals surface area contributed by atoms with Gasteiger partial charge in [0.15, 0.2) is 0 Å². The van der Waals surface area contributed by atoms with Crippen LogP contribution in [0.3, 0.4) is 0 Å². The van der Waals surface area contributed by atoms with Crippen LogP contribution in [0.1, 0.15) is 29.1 Å². The molecule has 5 nitrogen and oxygen atoms in total. The van der Waals surface area contributed by atoms with Crippen molar-refractivity contribution in [1.29, 1.82) is 5.26 Å². The first-order valence-electron chi connectivity index (χ1n) is 7.40. The quantitative estimate of drug-likeness (QED) is 0.679. The predicted octanol–water partition coefficient (Wildman–Crippen LogP) is 2.74. The molecule has 0 spiro atoms. The van der Waals surface area contributed by atoms with Crippen molar-refractivity contribution in [3.63, 3.8) is 0 Å². The minimum absolute atomic E-state index is 0.148. The maximum absolute atomic E-state index is 11.0. The van der Waals surface area contributed by atoms with Crippen LogP contribution in [0.4, 0.5) is 0 Å². The molecule has 1 aromatic heterocycles. The number of furan rings is 1. The number of ether oxygens (including phenoxy) is 1. The van der Waals surface area contributed by atoms with Gasteiger partial charge in [0.05, 0.1) is 0 Å². The maximum atomic E-state index is 11.0. The molecule has 0 saturated heterocycles. The molecule has 0 atom stereocenters. The Kier molecular flexibility index (Phi) is 4.15. The molecule has 3 rings (SSSR count). The van der Waals surface area contributed by atoms with Crippen molar-refractivity contribution >= 4 is 12.0 Å². The van der Waals surface area contributed by atoms with E-state index in [0.717, 1.165) is 18.6 Å². The second-order valence-corrected chi connectivity index (χ2v) is 5.41. The number of amides is 1. The monoisotopic (exact) mass is 308 g/mol. The van der Waals surface area contributed by atoms with E-state index in [4.69, 9.17) is 20.1 Å². The van der Waals surface area contributed by atoms with Crippen LogP contribution in [-0.4, -0.2) is 5.91 Å². The highest BCUT2D eigenvalue weighted by atomic mass is 16.5. The number of nitrogens with zero attached hydrogens (tertiary/aromatic N) is 1. The van der Waals surface area contributed by atoms with Gasteiger partial charge < -0.3 is 14.9 Å². The molecule has 1 aromatic carbocycles. The summed E-state index contributed by atoms with van der Waals surface area (Å²) in [5.41, 5.74) is 7.69. The SMILES string of the molecule is N#CC(=Cc1ccc(COc2ccc3c(c2)CCC3)o1)C(N)=O. The second kappa shape index (κ2) is 6.41. The lowest BCUT2D eigenvalue weighted by Crippen LogP contribution is -2.12. The number of aryl methyl sites for hydroxylation is 2. The van der Waals surface area contributed by atoms with Gasteiger partial charge in [-0.1, -0.05) is 6.07 Å². The predicted molar refractivity (Wildman–Crippen MR) is 84.3 cm³/mol. The zero-order chi connectivity index (χ0) is 16.2. The molecule has 0 aliphatic heterocycles. The number of benzene rings is 1. The molecule has 0 unspecified atom stereocenters. The van der Waals surface area contributed by atoms with Crippen LogP contribution < -0.4 is 10.5 Å². The topological polar surface area (TPSA) is 89.2 Å². The summed E-state index contributed by atoms with van der Waals surface area (Å²) in [7, 11) is 0. The Balaban J connectivity index is 1.66. The first-order chi connectivity index (χ1) is 11.2. The Morgan fingerprint density at radius 1 is 1.30 bits per heavy atom. The minimum atomic E-state index is -0.778. The third kappa shape index (κ3) is 3.43. The van der Waals surface area contributed by atoms with E-state index in [1.807, 2.05) is 6.07 Å². The molecule has 2 N–H and O–H groups in total. The zero-order valence-electron chi connectivity index (χ0n) is 12.5. The normalized spacial score (nSPS) is 13.4. The maximum Gasteiger partial charge on any atom is 0.259 e. The summed E-state index contributed by atoms with van der Waals surface area (Å²) in [6.07, 6.45) is 4.77. The van der Waals surface area contributed by atoms with Crippen LogP contribution >= 0.6 is 0 Å². The van der Waals surface area contributed by atoms with Crippen LogP contribution in [0.25, 0.3) is 6.08 Å². The van der Waals surface area contributed by atoms with E-state index >= 15 is 0 Å². The Labute approximate surface area is 134 Å². The molecule has 1 heterocycles. The first kappa shape index (κ1) is 14.9. The highest BCUT2D eigenvalue weighted by Crippen LogP contribution is 2.26. The third-order valence-electron chi connectivity index (χ3n) is 3.81. The zero-order valence-corrected chi connectivity index (χ0v) is 12.5. The van der Waals surface area contributed by atoms with E-state index in [1.165, 1.54) is 23.6 Å². The molecule has 1 aliphatic carbocycles. The van der Waals surface area contributed by atoms with Gasteiger partial charge in [-0.25, -0.2) is 0 Å².